The first-order chi connectivity index (χ1) is 4.70. The lowest BCUT2D eigenvalue weighted by Gasteiger charge is -2.25. The van der Waals surface area contributed by atoms with Gasteiger partial charge in [0.05, 0.1) is 5.92 Å². The largest absolute Gasteiger partial charge is 0.481 e. The zero-order valence-electron chi connectivity index (χ0n) is 6.08. The molecule has 3 nitrogen and oxygen atoms in total. The number of carboxylic acid groups (broad SMARTS) is 1. The molecular formula is C7H12NO2. The molecule has 1 unspecified atom stereocenters. The van der Waals surface area contributed by atoms with E-state index in [2.05, 4.69) is 0 Å². The van der Waals surface area contributed by atoms with E-state index in [4.69, 9.17) is 5.11 Å². The fourth-order valence-electron chi connectivity index (χ4n) is 1.10. The van der Waals surface area contributed by atoms with Gasteiger partial charge in [0, 0.05) is 6.54 Å². The Labute approximate surface area is 60.6 Å². The minimum absolute atomic E-state index is 0.142. The molecule has 1 fully saturated rings. The fourth-order valence-corrected chi connectivity index (χ4v) is 1.10. The van der Waals surface area contributed by atoms with Gasteiger partial charge in [0.15, 0.2) is 0 Å². The number of aliphatic carboxylic acids is 1. The molecule has 0 saturated carbocycles. The van der Waals surface area contributed by atoms with E-state index in [0.29, 0.717) is 6.42 Å². The predicted molar refractivity (Wildman–Crippen MR) is 37.3 cm³/mol. The molecule has 3 heteroatoms. The molecule has 1 heterocycles. The quantitative estimate of drug-likeness (QED) is 0.582. The third-order valence-corrected chi connectivity index (χ3v) is 1.88. The van der Waals surface area contributed by atoms with E-state index in [9.17, 15) is 4.79 Å². The lowest BCUT2D eigenvalue weighted by atomic mass is 9.98. The molecule has 0 aromatic heterocycles. The van der Waals surface area contributed by atoms with E-state index in [0.717, 1.165) is 13.0 Å². The van der Waals surface area contributed by atoms with Gasteiger partial charge >= 0.3 is 5.97 Å². The minimum Gasteiger partial charge on any atom is -0.481 e. The summed E-state index contributed by atoms with van der Waals surface area (Å²) in [5.41, 5.74) is 0. The highest BCUT2D eigenvalue weighted by atomic mass is 16.4. The summed E-state index contributed by atoms with van der Waals surface area (Å²) in [6.07, 6.45) is 1.47. The first-order valence-electron chi connectivity index (χ1n) is 3.46. The topological polar surface area (TPSA) is 40.5 Å². The van der Waals surface area contributed by atoms with E-state index < -0.39 is 5.97 Å². The van der Waals surface area contributed by atoms with Crippen molar-refractivity contribution in [3.63, 3.8) is 0 Å². The number of nitrogens with zero attached hydrogens (tertiary/aromatic N) is 1. The first-order valence-corrected chi connectivity index (χ1v) is 3.46. The normalized spacial score (nSPS) is 22.9. The summed E-state index contributed by atoms with van der Waals surface area (Å²) in [6.45, 7) is 2.82. The van der Waals surface area contributed by atoms with Crippen LogP contribution in [-0.2, 0) is 4.79 Å². The van der Waals surface area contributed by atoms with Crippen LogP contribution in [0.1, 0.15) is 12.8 Å². The van der Waals surface area contributed by atoms with Crippen molar-refractivity contribution in [3.8, 4) is 0 Å². The van der Waals surface area contributed by atoms with Crippen LogP contribution in [0.4, 0.5) is 0 Å². The van der Waals surface area contributed by atoms with Gasteiger partial charge < -0.3 is 10.0 Å². The molecule has 1 saturated heterocycles. The number of likely N-dealkylation sites (tertiary alicyclic amines) is 1. The molecule has 10 heavy (non-hydrogen) atoms. The third kappa shape index (κ3) is 1.70. The molecule has 1 rings (SSSR count). The van der Waals surface area contributed by atoms with Gasteiger partial charge in [0.2, 0.25) is 0 Å². The Balaban J connectivity index is 2.33. The van der Waals surface area contributed by atoms with Crippen molar-refractivity contribution >= 4 is 5.97 Å². The second kappa shape index (κ2) is 3.01. The van der Waals surface area contributed by atoms with Crippen LogP contribution in [0.15, 0.2) is 0 Å². The summed E-state index contributed by atoms with van der Waals surface area (Å²) in [5.74, 6) is -0.805. The maximum Gasteiger partial charge on any atom is 0.306 e. The number of rotatable bonds is 1. The monoisotopic (exact) mass is 142 g/mol. The highest BCUT2D eigenvalue weighted by Gasteiger charge is 2.22. The molecule has 0 spiro atoms. The van der Waals surface area contributed by atoms with Crippen LogP contribution in [0, 0.1) is 12.5 Å². The number of carboxylic acids is 1. The van der Waals surface area contributed by atoms with Crippen molar-refractivity contribution in [1.82, 2.24) is 4.90 Å². The molecule has 0 aromatic rings. The Bertz CT molecular complexity index is 128. The van der Waals surface area contributed by atoms with Crippen molar-refractivity contribution in [2.45, 2.75) is 12.8 Å². The molecule has 1 aliphatic heterocycles. The molecule has 1 radical (unpaired) electrons. The Morgan fingerprint density at radius 3 is 2.90 bits per heavy atom. The van der Waals surface area contributed by atoms with Crippen molar-refractivity contribution < 1.29 is 9.90 Å². The van der Waals surface area contributed by atoms with Gasteiger partial charge in [-0.05, 0) is 26.4 Å². The molecular weight excluding hydrogens is 130 g/mol. The van der Waals surface area contributed by atoms with E-state index in [1.807, 2.05) is 18.5 Å². The van der Waals surface area contributed by atoms with E-state index >= 15 is 0 Å². The lowest BCUT2D eigenvalue weighted by Crippen LogP contribution is -2.29. The number of hydrogen-bond acceptors (Lipinski definition) is 2. The summed E-state index contributed by atoms with van der Waals surface area (Å²) in [5, 5.41) is 8.59. The second-order valence-electron chi connectivity index (χ2n) is 2.72. The molecule has 0 amide bonds. The van der Waals surface area contributed by atoms with Crippen molar-refractivity contribution in [2.24, 2.45) is 5.92 Å². The Morgan fingerprint density at radius 1 is 1.80 bits per heavy atom. The Morgan fingerprint density at radius 2 is 2.50 bits per heavy atom. The zero-order valence-corrected chi connectivity index (χ0v) is 6.08. The van der Waals surface area contributed by atoms with Crippen LogP contribution in [0.5, 0.6) is 0 Å². The average Bonchev–Trinajstić information content (AvgIpc) is 1.88. The summed E-state index contributed by atoms with van der Waals surface area (Å²) >= 11 is 0. The number of carbonyl (C=O) groups is 1. The van der Waals surface area contributed by atoms with Crippen LogP contribution >= 0.6 is 0 Å². The molecule has 0 bridgehead atoms. The predicted octanol–water partition coefficient (Wildman–Crippen LogP) is 0.575. The van der Waals surface area contributed by atoms with Crippen molar-refractivity contribution in [1.29, 1.82) is 0 Å². The molecule has 1 aliphatic rings. The SMILES string of the molecule is CN1[CH]CC(C(=O)O)CC1. The van der Waals surface area contributed by atoms with Gasteiger partial charge in [-0.1, -0.05) is 0 Å². The van der Waals surface area contributed by atoms with Crippen LogP contribution in [0.3, 0.4) is 0 Å². The van der Waals surface area contributed by atoms with Crippen LogP contribution in [-0.4, -0.2) is 29.6 Å². The highest BCUT2D eigenvalue weighted by molar-refractivity contribution is 5.70. The van der Waals surface area contributed by atoms with Gasteiger partial charge in [-0.25, -0.2) is 0 Å². The first kappa shape index (κ1) is 7.54. The smallest absolute Gasteiger partial charge is 0.306 e. The summed E-state index contributed by atoms with van der Waals surface area (Å²) < 4.78 is 0. The van der Waals surface area contributed by atoms with E-state index in [-0.39, 0.29) is 5.92 Å². The Hall–Kier alpha value is -0.570. The highest BCUT2D eigenvalue weighted by Crippen LogP contribution is 2.18. The number of piperidine rings is 1. The fraction of sp³-hybridized carbons (Fsp3) is 0.714. The molecule has 0 aliphatic carbocycles. The standard InChI is InChI=1S/C7H12NO2/c1-8-4-2-6(3-5-8)7(9)10/h4,6H,2-3,5H2,1H3,(H,9,10). The molecule has 1 N–H and O–H groups in total. The van der Waals surface area contributed by atoms with Crippen molar-refractivity contribution in [2.75, 3.05) is 13.6 Å². The van der Waals surface area contributed by atoms with Gasteiger partial charge in [-0.2, -0.15) is 0 Å². The van der Waals surface area contributed by atoms with Gasteiger partial charge in [0.25, 0.3) is 0 Å². The van der Waals surface area contributed by atoms with Crippen LogP contribution in [0.2, 0.25) is 0 Å². The Kier molecular flexibility index (Phi) is 2.27. The second-order valence-corrected chi connectivity index (χ2v) is 2.72. The average molecular weight is 142 g/mol. The molecule has 57 valence electrons. The maximum atomic E-state index is 10.4. The molecule has 0 aromatic carbocycles. The maximum absolute atomic E-state index is 10.4. The summed E-state index contributed by atoms with van der Waals surface area (Å²) in [6, 6.07) is 0. The van der Waals surface area contributed by atoms with Gasteiger partial charge in [0.1, 0.15) is 0 Å². The van der Waals surface area contributed by atoms with Gasteiger partial charge in [-0.3, -0.25) is 4.79 Å². The zero-order chi connectivity index (χ0) is 7.56. The number of hydrogen-bond donors (Lipinski definition) is 1. The van der Waals surface area contributed by atoms with Crippen LogP contribution < -0.4 is 0 Å². The van der Waals surface area contributed by atoms with E-state index in [1.165, 1.54) is 0 Å². The summed E-state index contributed by atoms with van der Waals surface area (Å²) in [7, 11) is 1.97. The van der Waals surface area contributed by atoms with E-state index in [1.54, 1.807) is 0 Å². The summed E-state index contributed by atoms with van der Waals surface area (Å²) in [4.78, 5) is 12.5. The lowest BCUT2D eigenvalue weighted by molar-refractivity contribution is -0.142. The minimum atomic E-state index is -0.663. The van der Waals surface area contributed by atoms with Crippen LogP contribution in [0.25, 0.3) is 0 Å². The third-order valence-electron chi connectivity index (χ3n) is 1.88. The van der Waals surface area contributed by atoms with Gasteiger partial charge in [-0.15, -0.1) is 0 Å². The molecule has 1 atom stereocenters. The van der Waals surface area contributed by atoms with Crippen molar-refractivity contribution in [3.05, 3.63) is 6.54 Å².